The monoisotopic (exact) mass is 195 g/mol. The molecule has 2 aliphatic rings. The number of nitrogen functional groups attached to an aromatic ring is 2. The SMILES string of the molecule is COc1csc2cc(N)c(N)c-2n1. The number of hydrogen-bond donors (Lipinski definition) is 2. The van der Waals surface area contributed by atoms with Crippen molar-refractivity contribution >= 4 is 22.7 Å². The lowest BCUT2D eigenvalue weighted by molar-refractivity contribution is 0.400. The van der Waals surface area contributed by atoms with Crippen molar-refractivity contribution in [2.24, 2.45) is 0 Å². The smallest absolute Gasteiger partial charge is 0.223 e. The second kappa shape index (κ2) is 2.77. The van der Waals surface area contributed by atoms with Crippen LogP contribution in [-0.4, -0.2) is 12.1 Å². The normalized spacial score (nSPS) is 10.5. The molecule has 0 unspecified atom stereocenters. The van der Waals surface area contributed by atoms with Crippen LogP contribution in [0.3, 0.4) is 0 Å². The lowest BCUT2D eigenvalue weighted by Gasteiger charge is -2.01. The summed E-state index contributed by atoms with van der Waals surface area (Å²) in [6.07, 6.45) is 0. The fourth-order valence-corrected chi connectivity index (χ4v) is 1.95. The summed E-state index contributed by atoms with van der Waals surface area (Å²) in [5, 5.41) is 1.82. The van der Waals surface area contributed by atoms with Crippen LogP contribution in [0.1, 0.15) is 0 Å². The van der Waals surface area contributed by atoms with Gasteiger partial charge in [-0.25, -0.2) is 4.98 Å². The summed E-state index contributed by atoms with van der Waals surface area (Å²) in [5.41, 5.74) is 13.2. The van der Waals surface area contributed by atoms with Gasteiger partial charge in [-0.05, 0) is 6.07 Å². The second-order valence-electron chi connectivity index (χ2n) is 2.62. The van der Waals surface area contributed by atoms with E-state index in [0.717, 1.165) is 10.6 Å². The molecule has 0 spiro atoms. The average molecular weight is 195 g/mol. The predicted octanol–water partition coefficient (Wildman–Crippen LogP) is 1.42. The van der Waals surface area contributed by atoms with Gasteiger partial charge in [0.25, 0.3) is 0 Å². The summed E-state index contributed by atoms with van der Waals surface area (Å²) in [7, 11) is 1.57. The Morgan fingerprint density at radius 2 is 2.23 bits per heavy atom. The van der Waals surface area contributed by atoms with Crippen molar-refractivity contribution < 1.29 is 4.74 Å². The fraction of sp³-hybridized carbons (Fsp3) is 0.125. The Hall–Kier alpha value is -1.49. The van der Waals surface area contributed by atoms with E-state index in [1.54, 1.807) is 7.11 Å². The highest BCUT2D eigenvalue weighted by atomic mass is 32.1. The third kappa shape index (κ3) is 1.17. The van der Waals surface area contributed by atoms with Gasteiger partial charge in [-0.2, -0.15) is 0 Å². The Morgan fingerprint density at radius 1 is 1.46 bits per heavy atom. The first kappa shape index (κ1) is 8.12. The van der Waals surface area contributed by atoms with Crippen molar-refractivity contribution in [1.29, 1.82) is 0 Å². The van der Waals surface area contributed by atoms with E-state index in [2.05, 4.69) is 4.98 Å². The first-order chi connectivity index (χ1) is 6.22. The molecule has 0 aromatic carbocycles. The highest BCUT2D eigenvalue weighted by Crippen LogP contribution is 2.38. The van der Waals surface area contributed by atoms with Crippen LogP contribution in [-0.2, 0) is 0 Å². The summed E-state index contributed by atoms with van der Waals surface area (Å²) in [6.45, 7) is 0. The van der Waals surface area contributed by atoms with E-state index < -0.39 is 0 Å². The van der Waals surface area contributed by atoms with Crippen molar-refractivity contribution in [3.8, 4) is 16.5 Å². The number of ether oxygens (including phenoxy) is 1. The van der Waals surface area contributed by atoms with Crippen LogP contribution in [0.25, 0.3) is 10.6 Å². The van der Waals surface area contributed by atoms with Gasteiger partial charge in [-0.3, -0.25) is 0 Å². The van der Waals surface area contributed by atoms with Crippen LogP contribution >= 0.6 is 11.3 Å². The molecule has 1 heterocycles. The van der Waals surface area contributed by atoms with Crippen LogP contribution in [0.5, 0.6) is 5.88 Å². The third-order valence-electron chi connectivity index (χ3n) is 1.80. The van der Waals surface area contributed by atoms with Crippen molar-refractivity contribution in [2.45, 2.75) is 0 Å². The maximum Gasteiger partial charge on any atom is 0.223 e. The number of nitrogens with zero attached hydrogens (tertiary/aromatic N) is 1. The summed E-state index contributed by atoms with van der Waals surface area (Å²) >= 11 is 1.52. The molecule has 1 aliphatic carbocycles. The zero-order valence-electron chi connectivity index (χ0n) is 7.07. The summed E-state index contributed by atoms with van der Waals surface area (Å²) < 4.78 is 4.99. The second-order valence-corrected chi connectivity index (χ2v) is 3.53. The van der Waals surface area contributed by atoms with Gasteiger partial charge in [0.2, 0.25) is 5.88 Å². The Bertz CT molecular complexity index is 409. The van der Waals surface area contributed by atoms with Gasteiger partial charge < -0.3 is 16.2 Å². The Morgan fingerprint density at radius 3 is 2.92 bits per heavy atom. The lowest BCUT2D eigenvalue weighted by atomic mass is 10.4. The zero-order chi connectivity index (χ0) is 9.42. The molecule has 4 N–H and O–H groups in total. The molecule has 0 saturated heterocycles. The van der Waals surface area contributed by atoms with Crippen molar-refractivity contribution in [2.75, 3.05) is 18.6 Å². The maximum atomic E-state index is 5.73. The molecule has 0 fully saturated rings. The van der Waals surface area contributed by atoms with Crippen molar-refractivity contribution in [3.63, 3.8) is 0 Å². The van der Waals surface area contributed by atoms with Crippen LogP contribution in [0, 0.1) is 0 Å². The summed E-state index contributed by atoms with van der Waals surface area (Å²) in [4.78, 5) is 5.18. The van der Waals surface area contributed by atoms with Gasteiger partial charge in [0, 0.05) is 0 Å². The van der Waals surface area contributed by atoms with Crippen molar-refractivity contribution in [1.82, 2.24) is 4.98 Å². The van der Waals surface area contributed by atoms with Gasteiger partial charge in [0.1, 0.15) is 5.69 Å². The molecule has 68 valence electrons. The third-order valence-corrected chi connectivity index (χ3v) is 2.69. The van der Waals surface area contributed by atoms with Gasteiger partial charge in [-0.1, -0.05) is 0 Å². The number of aromatic nitrogens is 1. The Kier molecular flexibility index (Phi) is 1.73. The molecular weight excluding hydrogens is 186 g/mol. The molecule has 0 saturated carbocycles. The van der Waals surface area contributed by atoms with Gasteiger partial charge >= 0.3 is 0 Å². The van der Waals surface area contributed by atoms with Gasteiger partial charge in [0.15, 0.2) is 0 Å². The van der Waals surface area contributed by atoms with E-state index in [4.69, 9.17) is 16.2 Å². The zero-order valence-corrected chi connectivity index (χ0v) is 7.89. The minimum absolute atomic E-state index is 0.533. The molecule has 0 aromatic heterocycles. The minimum atomic E-state index is 0.533. The molecular formula is C8H9N3OS. The molecule has 0 radical (unpaired) electrons. The molecule has 2 rings (SSSR count). The van der Waals surface area contributed by atoms with Crippen LogP contribution in [0.15, 0.2) is 11.4 Å². The largest absolute Gasteiger partial charge is 0.480 e. The van der Waals surface area contributed by atoms with Gasteiger partial charge in [-0.15, -0.1) is 11.3 Å². The van der Waals surface area contributed by atoms with E-state index in [1.165, 1.54) is 11.3 Å². The highest BCUT2D eigenvalue weighted by Gasteiger charge is 2.14. The lowest BCUT2D eigenvalue weighted by Crippen LogP contribution is -1.93. The molecule has 0 aromatic rings. The first-order valence-corrected chi connectivity index (χ1v) is 4.57. The number of fused-ring (bicyclic) bond motifs is 1. The first-order valence-electron chi connectivity index (χ1n) is 3.69. The van der Waals surface area contributed by atoms with Crippen LogP contribution in [0.4, 0.5) is 11.4 Å². The van der Waals surface area contributed by atoms with Gasteiger partial charge in [0.05, 0.1) is 28.7 Å². The number of anilines is 2. The van der Waals surface area contributed by atoms with Crippen LogP contribution < -0.4 is 16.2 Å². The molecule has 13 heavy (non-hydrogen) atoms. The van der Waals surface area contributed by atoms with Crippen LogP contribution in [0.2, 0.25) is 0 Å². The minimum Gasteiger partial charge on any atom is -0.480 e. The quantitative estimate of drug-likeness (QED) is 0.721. The summed E-state index contributed by atoms with van der Waals surface area (Å²) in [5.74, 6) is 0.565. The molecule has 0 amide bonds. The highest BCUT2D eigenvalue weighted by molar-refractivity contribution is 7.13. The van der Waals surface area contributed by atoms with E-state index in [-0.39, 0.29) is 0 Å². The number of hydrogen-bond acceptors (Lipinski definition) is 5. The summed E-state index contributed by atoms with van der Waals surface area (Å²) in [6, 6.07) is 1.82. The standard InChI is InChI=1S/C8H9N3OS/c1-12-6-3-13-5-2-4(9)7(10)8(5)11-6/h2-3H,9-10H2,1H3. The molecule has 5 heteroatoms. The average Bonchev–Trinajstić information content (AvgIpc) is 2.43. The van der Waals surface area contributed by atoms with E-state index >= 15 is 0 Å². The number of rotatable bonds is 1. The van der Waals surface area contributed by atoms with E-state index in [1.807, 2.05) is 11.4 Å². The van der Waals surface area contributed by atoms with Crippen molar-refractivity contribution in [3.05, 3.63) is 11.4 Å². The fourth-order valence-electron chi connectivity index (χ4n) is 1.11. The molecule has 0 atom stereocenters. The topological polar surface area (TPSA) is 74.2 Å². The number of methoxy groups -OCH3 is 1. The Balaban J connectivity index is 2.68. The molecule has 1 aliphatic heterocycles. The number of nitrogens with two attached hydrogens (primary N) is 2. The molecule has 4 nitrogen and oxygen atoms in total. The van der Waals surface area contributed by atoms with E-state index in [0.29, 0.717) is 17.3 Å². The molecule has 0 bridgehead atoms. The van der Waals surface area contributed by atoms with E-state index in [9.17, 15) is 0 Å². The predicted molar refractivity (Wildman–Crippen MR) is 54.1 cm³/mol. The maximum absolute atomic E-state index is 5.73. The Labute approximate surface area is 79.5 Å².